The zero-order valence-electron chi connectivity index (χ0n) is 15.9. The number of carboxylic acid groups (broad SMARTS) is 1. The highest BCUT2D eigenvalue weighted by Crippen LogP contribution is 2.24. The van der Waals surface area contributed by atoms with E-state index in [1.54, 1.807) is 0 Å². The summed E-state index contributed by atoms with van der Waals surface area (Å²) < 4.78 is 9.38. The second-order valence-electron chi connectivity index (χ2n) is 5.88. The number of rotatable bonds is 11. The van der Waals surface area contributed by atoms with Crippen molar-refractivity contribution in [2.24, 2.45) is 0 Å². The van der Waals surface area contributed by atoms with Gasteiger partial charge in [0.2, 0.25) is 0 Å². The molecule has 0 radical (unpaired) electrons. The zero-order valence-corrected chi connectivity index (χ0v) is 15.9. The van der Waals surface area contributed by atoms with Crippen LogP contribution in [0.2, 0.25) is 0 Å². The van der Waals surface area contributed by atoms with Crippen LogP contribution in [0, 0.1) is 0 Å². The Kier molecular flexibility index (Phi) is 8.84. The molecule has 1 heterocycles. The van der Waals surface area contributed by atoms with Crippen molar-refractivity contribution in [2.45, 2.75) is 46.1 Å². The van der Waals surface area contributed by atoms with Crippen LogP contribution in [0.1, 0.15) is 54.0 Å². The Balaban J connectivity index is 3.22. The maximum Gasteiger partial charge on any atom is 0.352 e. The van der Waals surface area contributed by atoms with Crippen LogP contribution in [0.25, 0.3) is 0 Å². The van der Waals surface area contributed by atoms with Gasteiger partial charge in [0.05, 0.1) is 20.6 Å². The SMILES string of the molecule is CCN(CC)Cc1[nH]c(C(=O)O)c(CCCC(=O)OC)c1CC(=O)OC. The Hall–Kier alpha value is -2.35. The molecule has 1 aromatic rings. The van der Waals surface area contributed by atoms with Gasteiger partial charge in [0.25, 0.3) is 0 Å². The summed E-state index contributed by atoms with van der Waals surface area (Å²) in [5.41, 5.74) is 1.96. The lowest BCUT2D eigenvalue weighted by Gasteiger charge is -2.18. The van der Waals surface area contributed by atoms with E-state index in [9.17, 15) is 19.5 Å². The van der Waals surface area contributed by atoms with E-state index in [0.717, 1.165) is 13.1 Å². The van der Waals surface area contributed by atoms with E-state index in [2.05, 4.69) is 14.6 Å². The molecule has 0 spiro atoms. The van der Waals surface area contributed by atoms with E-state index >= 15 is 0 Å². The number of carboxylic acids is 1. The van der Waals surface area contributed by atoms with Crippen LogP contribution in [-0.2, 0) is 38.4 Å². The Bertz CT molecular complexity index is 634. The number of hydrogen-bond donors (Lipinski definition) is 2. The van der Waals surface area contributed by atoms with Crippen molar-refractivity contribution in [1.82, 2.24) is 9.88 Å². The number of esters is 2. The number of aromatic carboxylic acids is 1. The largest absolute Gasteiger partial charge is 0.477 e. The van der Waals surface area contributed by atoms with Gasteiger partial charge in [-0.1, -0.05) is 13.8 Å². The summed E-state index contributed by atoms with van der Waals surface area (Å²) in [6.45, 7) is 6.14. The van der Waals surface area contributed by atoms with Crippen LogP contribution in [0.4, 0.5) is 0 Å². The van der Waals surface area contributed by atoms with Crippen molar-refractivity contribution >= 4 is 17.9 Å². The van der Waals surface area contributed by atoms with Gasteiger partial charge in [-0.05, 0) is 37.1 Å². The minimum Gasteiger partial charge on any atom is -0.477 e. The standard InChI is InChI=1S/C18H28N2O6/c1-5-20(6-2)11-14-13(10-16(22)26-4)12(17(19-14)18(23)24)8-7-9-15(21)25-3/h19H,5-11H2,1-4H3,(H,23,24). The third kappa shape index (κ3) is 5.87. The average Bonchev–Trinajstić information content (AvgIpc) is 2.96. The molecule has 8 heteroatoms. The van der Waals surface area contributed by atoms with E-state index in [-0.39, 0.29) is 24.5 Å². The highest BCUT2D eigenvalue weighted by molar-refractivity contribution is 5.89. The molecular formula is C18H28N2O6. The molecule has 2 N–H and O–H groups in total. The second-order valence-corrected chi connectivity index (χ2v) is 5.88. The Morgan fingerprint density at radius 2 is 1.65 bits per heavy atom. The van der Waals surface area contributed by atoms with E-state index in [0.29, 0.717) is 36.2 Å². The fourth-order valence-corrected chi connectivity index (χ4v) is 2.84. The first-order chi connectivity index (χ1) is 12.4. The zero-order chi connectivity index (χ0) is 19.7. The van der Waals surface area contributed by atoms with E-state index in [1.165, 1.54) is 14.2 Å². The lowest BCUT2D eigenvalue weighted by Crippen LogP contribution is -2.23. The highest BCUT2D eigenvalue weighted by Gasteiger charge is 2.24. The van der Waals surface area contributed by atoms with Gasteiger partial charge in [-0.15, -0.1) is 0 Å². The topological polar surface area (TPSA) is 109 Å². The van der Waals surface area contributed by atoms with Gasteiger partial charge >= 0.3 is 17.9 Å². The van der Waals surface area contributed by atoms with Gasteiger partial charge in [-0.3, -0.25) is 14.5 Å². The van der Waals surface area contributed by atoms with Gasteiger partial charge in [0.15, 0.2) is 0 Å². The average molecular weight is 368 g/mol. The number of nitrogens with one attached hydrogen (secondary N) is 1. The summed E-state index contributed by atoms with van der Waals surface area (Å²) in [5, 5.41) is 9.55. The number of aromatic nitrogens is 1. The fourth-order valence-electron chi connectivity index (χ4n) is 2.84. The molecule has 0 aliphatic rings. The first-order valence-corrected chi connectivity index (χ1v) is 8.69. The van der Waals surface area contributed by atoms with Crippen LogP contribution in [-0.4, -0.2) is 60.2 Å². The number of carbonyl (C=O) groups excluding carboxylic acids is 2. The number of methoxy groups -OCH3 is 2. The highest BCUT2D eigenvalue weighted by atomic mass is 16.5. The summed E-state index contributed by atoms with van der Waals surface area (Å²) in [4.78, 5) is 39.9. The van der Waals surface area contributed by atoms with E-state index < -0.39 is 11.9 Å². The summed E-state index contributed by atoms with van der Waals surface area (Å²) in [5.74, 6) is -1.87. The lowest BCUT2D eigenvalue weighted by molar-refractivity contribution is -0.141. The number of carbonyl (C=O) groups is 3. The molecule has 1 aromatic heterocycles. The molecule has 0 aromatic carbocycles. The number of hydrogen-bond acceptors (Lipinski definition) is 6. The lowest BCUT2D eigenvalue weighted by atomic mass is 9.99. The quantitative estimate of drug-likeness (QED) is 0.573. The van der Waals surface area contributed by atoms with E-state index in [4.69, 9.17) is 4.74 Å². The molecule has 0 atom stereocenters. The predicted octanol–water partition coefficient (Wildman–Crippen LogP) is 1.77. The van der Waals surface area contributed by atoms with Crippen LogP contribution >= 0.6 is 0 Å². The molecule has 8 nitrogen and oxygen atoms in total. The number of ether oxygens (including phenoxy) is 2. The molecule has 1 rings (SSSR count). The smallest absolute Gasteiger partial charge is 0.352 e. The van der Waals surface area contributed by atoms with Crippen LogP contribution in [0.15, 0.2) is 0 Å². The third-order valence-corrected chi connectivity index (χ3v) is 4.38. The second kappa shape index (κ2) is 10.6. The predicted molar refractivity (Wildman–Crippen MR) is 95.1 cm³/mol. The number of nitrogens with zero attached hydrogens (tertiary/aromatic N) is 1. The monoisotopic (exact) mass is 368 g/mol. The van der Waals surface area contributed by atoms with Crippen molar-refractivity contribution in [3.8, 4) is 0 Å². The van der Waals surface area contributed by atoms with E-state index in [1.807, 2.05) is 13.8 Å². The third-order valence-electron chi connectivity index (χ3n) is 4.38. The summed E-state index contributed by atoms with van der Waals surface area (Å²) in [7, 11) is 2.61. The normalized spacial score (nSPS) is 10.8. The molecule has 0 amide bonds. The fraction of sp³-hybridized carbons (Fsp3) is 0.611. The number of H-pyrrole nitrogens is 1. The molecule has 0 fully saturated rings. The maximum absolute atomic E-state index is 11.8. The molecule has 146 valence electrons. The van der Waals surface area contributed by atoms with Gasteiger partial charge in [-0.2, -0.15) is 0 Å². The maximum atomic E-state index is 11.8. The molecule has 0 unspecified atom stereocenters. The van der Waals surface area contributed by atoms with Crippen LogP contribution < -0.4 is 0 Å². The number of aromatic amines is 1. The van der Waals surface area contributed by atoms with Crippen molar-refractivity contribution in [3.63, 3.8) is 0 Å². The van der Waals surface area contributed by atoms with Crippen LogP contribution in [0.3, 0.4) is 0 Å². The molecular weight excluding hydrogens is 340 g/mol. The summed E-state index contributed by atoms with van der Waals surface area (Å²) in [6.07, 6.45) is 0.968. The Morgan fingerprint density at radius 1 is 1.04 bits per heavy atom. The summed E-state index contributed by atoms with van der Waals surface area (Å²) in [6, 6.07) is 0. The minimum atomic E-state index is -1.09. The molecule has 0 saturated carbocycles. The van der Waals surface area contributed by atoms with Gasteiger partial charge in [0.1, 0.15) is 5.69 Å². The summed E-state index contributed by atoms with van der Waals surface area (Å²) >= 11 is 0. The minimum absolute atomic E-state index is 0.00948. The van der Waals surface area contributed by atoms with Crippen molar-refractivity contribution in [3.05, 3.63) is 22.5 Å². The molecule has 0 saturated heterocycles. The van der Waals surface area contributed by atoms with Crippen molar-refractivity contribution < 1.29 is 29.0 Å². The molecule has 0 aliphatic heterocycles. The first kappa shape index (κ1) is 21.7. The van der Waals surface area contributed by atoms with Gasteiger partial charge in [-0.25, -0.2) is 4.79 Å². The van der Waals surface area contributed by atoms with Crippen molar-refractivity contribution in [2.75, 3.05) is 27.3 Å². The van der Waals surface area contributed by atoms with Crippen molar-refractivity contribution in [1.29, 1.82) is 0 Å². The molecule has 0 aliphatic carbocycles. The Labute approximate surface area is 153 Å². The van der Waals surface area contributed by atoms with Gasteiger partial charge in [0, 0.05) is 18.7 Å². The van der Waals surface area contributed by atoms with Gasteiger partial charge < -0.3 is 19.6 Å². The molecule has 0 bridgehead atoms. The first-order valence-electron chi connectivity index (χ1n) is 8.69. The van der Waals surface area contributed by atoms with Crippen LogP contribution in [0.5, 0.6) is 0 Å². The molecule has 26 heavy (non-hydrogen) atoms. The Morgan fingerprint density at radius 3 is 2.15 bits per heavy atom.